The highest BCUT2D eigenvalue weighted by molar-refractivity contribution is 8.01. The van der Waals surface area contributed by atoms with Gasteiger partial charge in [-0.3, -0.25) is 9.59 Å². The van der Waals surface area contributed by atoms with E-state index in [2.05, 4.69) is 10.2 Å². The number of nitrogens with zero attached hydrogens (tertiary/aromatic N) is 4. The van der Waals surface area contributed by atoms with E-state index in [4.69, 9.17) is 0 Å². The predicted molar refractivity (Wildman–Crippen MR) is 112 cm³/mol. The summed E-state index contributed by atoms with van der Waals surface area (Å²) in [5.41, 5.74) is -0.257. The minimum absolute atomic E-state index is 0.0570. The van der Waals surface area contributed by atoms with Gasteiger partial charge < -0.3 is 0 Å². The van der Waals surface area contributed by atoms with Gasteiger partial charge >= 0.3 is 0 Å². The Morgan fingerprint density at radius 1 is 0.852 bits per heavy atom. The van der Waals surface area contributed by atoms with E-state index in [9.17, 15) is 9.59 Å². The fraction of sp³-hybridized carbons (Fsp3) is 0.158. The molecule has 2 aromatic carbocycles. The lowest BCUT2D eigenvalue weighted by molar-refractivity contribution is 0.913. The van der Waals surface area contributed by atoms with Gasteiger partial charge in [0.05, 0.1) is 23.2 Å². The van der Waals surface area contributed by atoms with Crippen LogP contribution in [0.3, 0.4) is 0 Å². The molecule has 136 valence electrons. The number of aromatic nitrogens is 4. The molecule has 27 heavy (non-hydrogen) atoms. The third-order valence-electron chi connectivity index (χ3n) is 4.04. The van der Waals surface area contributed by atoms with Crippen molar-refractivity contribution in [3.8, 4) is 0 Å². The summed E-state index contributed by atoms with van der Waals surface area (Å²) in [6.45, 7) is 1.99. The molecule has 6 nitrogen and oxygen atoms in total. The first-order chi connectivity index (χ1) is 13.1. The SMILES string of the molecule is CC(CSn1ncc2ccccc2c1=O)Sn1ncc2ccccc2c1=O. The molecule has 1 unspecified atom stereocenters. The predicted octanol–water partition coefficient (Wildman–Crippen LogP) is 3.19. The Balaban J connectivity index is 1.50. The van der Waals surface area contributed by atoms with Crippen LogP contribution in [0.5, 0.6) is 0 Å². The van der Waals surface area contributed by atoms with Crippen LogP contribution < -0.4 is 11.1 Å². The highest BCUT2D eigenvalue weighted by atomic mass is 32.2. The second-order valence-electron chi connectivity index (χ2n) is 6.03. The first-order valence-electron chi connectivity index (χ1n) is 8.38. The fourth-order valence-corrected chi connectivity index (χ4v) is 4.44. The van der Waals surface area contributed by atoms with Crippen LogP contribution in [0.4, 0.5) is 0 Å². The van der Waals surface area contributed by atoms with Crippen LogP contribution in [0.1, 0.15) is 6.92 Å². The smallest absolute Gasteiger partial charge is 0.266 e. The second-order valence-corrected chi connectivity index (χ2v) is 8.33. The van der Waals surface area contributed by atoms with Gasteiger partial charge in [0.2, 0.25) is 0 Å². The van der Waals surface area contributed by atoms with Crippen molar-refractivity contribution in [2.45, 2.75) is 12.2 Å². The maximum atomic E-state index is 12.5. The monoisotopic (exact) mass is 396 g/mol. The highest BCUT2D eigenvalue weighted by Gasteiger charge is 2.11. The van der Waals surface area contributed by atoms with E-state index in [0.29, 0.717) is 16.5 Å². The van der Waals surface area contributed by atoms with Gasteiger partial charge in [0, 0.05) is 21.8 Å². The Kier molecular flexibility index (Phi) is 5.00. The number of rotatable bonds is 5. The molecule has 0 amide bonds. The van der Waals surface area contributed by atoms with Crippen LogP contribution in [0, 0.1) is 0 Å². The van der Waals surface area contributed by atoms with E-state index in [1.165, 1.54) is 32.1 Å². The Hall–Kier alpha value is -2.58. The molecule has 0 aliphatic rings. The lowest BCUT2D eigenvalue weighted by Gasteiger charge is -2.12. The fourth-order valence-electron chi connectivity index (χ4n) is 2.69. The summed E-state index contributed by atoms with van der Waals surface area (Å²) in [5.74, 6) is 0.608. The minimum Gasteiger partial charge on any atom is -0.266 e. The maximum absolute atomic E-state index is 12.5. The van der Waals surface area contributed by atoms with Crippen molar-refractivity contribution in [1.82, 2.24) is 18.4 Å². The highest BCUT2D eigenvalue weighted by Crippen LogP contribution is 2.18. The van der Waals surface area contributed by atoms with Gasteiger partial charge in [-0.1, -0.05) is 43.3 Å². The van der Waals surface area contributed by atoms with Gasteiger partial charge in [0.25, 0.3) is 11.1 Å². The summed E-state index contributed by atoms with van der Waals surface area (Å²) in [7, 11) is 0. The quantitative estimate of drug-likeness (QED) is 0.516. The third-order valence-corrected chi connectivity index (χ3v) is 6.40. The molecule has 0 saturated heterocycles. The van der Waals surface area contributed by atoms with Crippen molar-refractivity contribution < 1.29 is 0 Å². The standard InChI is InChI=1S/C19H16N4O2S2/c1-13(27-23-19(25)17-9-5-3-7-15(17)11-21-23)12-26-22-18(24)16-8-4-2-6-14(16)10-20-22/h2-11,13H,12H2,1H3. The zero-order chi connectivity index (χ0) is 18.8. The third kappa shape index (κ3) is 3.63. The molecule has 0 aliphatic heterocycles. The van der Waals surface area contributed by atoms with Crippen LogP contribution in [0.2, 0.25) is 0 Å². The van der Waals surface area contributed by atoms with E-state index in [1.807, 2.05) is 43.3 Å². The zero-order valence-electron chi connectivity index (χ0n) is 14.5. The summed E-state index contributed by atoms with van der Waals surface area (Å²) in [6, 6.07) is 14.8. The maximum Gasteiger partial charge on any atom is 0.285 e. The lowest BCUT2D eigenvalue weighted by Crippen LogP contribution is -2.22. The van der Waals surface area contributed by atoms with Crippen LogP contribution >= 0.6 is 23.9 Å². The Morgan fingerprint density at radius 3 is 2.00 bits per heavy atom. The molecule has 4 rings (SSSR count). The van der Waals surface area contributed by atoms with Crippen molar-refractivity contribution in [2.75, 3.05) is 5.75 Å². The zero-order valence-corrected chi connectivity index (χ0v) is 16.1. The molecule has 0 fully saturated rings. The lowest BCUT2D eigenvalue weighted by atomic mass is 10.2. The van der Waals surface area contributed by atoms with Gasteiger partial charge in [0.15, 0.2) is 0 Å². The first kappa shape index (κ1) is 17.8. The minimum atomic E-state index is -0.129. The van der Waals surface area contributed by atoms with Gasteiger partial charge in [0.1, 0.15) is 0 Å². The first-order valence-corrected chi connectivity index (χ1v) is 10.2. The molecular formula is C19H16N4O2S2. The largest absolute Gasteiger partial charge is 0.285 e. The molecule has 0 N–H and O–H groups in total. The molecule has 0 bridgehead atoms. The Morgan fingerprint density at radius 2 is 1.37 bits per heavy atom. The second kappa shape index (κ2) is 7.58. The Bertz CT molecular complexity index is 1240. The topological polar surface area (TPSA) is 69.8 Å². The number of hydrogen-bond donors (Lipinski definition) is 0. The van der Waals surface area contributed by atoms with Crippen molar-refractivity contribution in [3.05, 3.63) is 81.6 Å². The summed E-state index contributed by atoms with van der Waals surface area (Å²) >= 11 is 2.67. The van der Waals surface area contributed by atoms with E-state index in [-0.39, 0.29) is 16.4 Å². The van der Waals surface area contributed by atoms with Crippen molar-refractivity contribution in [2.24, 2.45) is 0 Å². The van der Waals surface area contributed by atoms with Crippen LogP contribution in [-0.4, -0.2) is 29.4 Å². The van der Waals surface area contributed by atoms with Crippen molar-refractivity contribution in [3.63, 3.8) is 0 Å². The average Bonchev–Trinajstić information content (AvgIpc) is 2.70. The molecule has 1 atom stereocenters. The number of benzene rings is 2. The van der Waals surface area contributed by atoms with E-state index in [1.54, 1.807) is 24.5 Å². The average molecular weight is 396 g/mol. The summed E-state index contributed by atoms with van der Waals surface area (Å²) < 4.78 is 2.81. The van der Waals surface area contributed by atoms with Gasteiger partial charge in [-0.05, 0) is 36.0 Å². The molecular weight excluding hydrogens is 380 g/mol. The van der Waals surface area contributed by atoms with Crippen molar-refractivity contribution in [1.29, 1.82) is 0 Å². The van der Waals surface area contributed by atoms with Crippen LogP contribution in [0.25, 0.3) is 21.5 Å². The number of fused-ring (bicyclic) bond motifs is 2. The normalized spacial score (nSPS) is 12.5. The van der Waals surface area contributed by atoms with Gasteiger partial charge in [-0.25, -0.2) is 0 Å². The molecule has 2 aromatic heterocycles. The molecule has 4 aromatic rings. The van der Waals surface area contributed by atoms with Crippen molar-refractivity contribution >= 4 is 45.4 Å². The Labute approximate surface area is 163 Å². The van der Waals surface area contributed by atoms with E-state index < -0.39 is 0 Å². The molecule has 0 spiro atoms. The summed E-state index contributed by atoms with van der Waals surface area (Å²) in [6.07, 6.45) is 3.38. The van der Waals surface area contributed by atoms with E-state index in [0.717, 1.165) is 10.8 Å². The molecule has 0 saturated carbocycles. The van der Waals surface area contributed by atoms with Gasteiger partial charge in [-0.15, -0.1) is 0 Å². The molecule has 0 aliphatic carbocycles. The van der Waals surface area contributed by atoms with Crippen LogP contribution in [0.15, 0.2) is 70.5 Å². The van der Waals surface area contributed by atoms with E-state index >= 15 is 0 Å². The molecule has 8 heteroatoms. The summed E-state index contributed by atoms with van der Waals surface area (Å²) in [5, 5.41) is 11.5. The summed E-state index contributed by atoms with van der Waals surface area (Å²) in [4.78, 5) is 25.0. The van der Waals surface area contributed by atoms with Crippen LogP contribution in [-0.2, 0) is 0 Å². The molecule has 2 heterocycles. The molecule has 0 radical (unpaired) electrons. The van der Waals surface area contributed by atoms with Gasteiger partial charge in [-0.2, -0.15) is 18.4 Å². The number of hydrogen-bond acceptors (Lipinski definition) is 6.